The summed E-state index contributed by atoms with van der Waals surface area (Å²) in [5.74, 6) is 0.248. The number of alkyl carbamates (subject to hydrolysis) is 1. The highest BCUT2D eigenvalue weighted by atomic mass is 19.4. The number of benzene rings is 1. The summed E-state index contributed by atoms with van der Waals surface area (Å²) in [6.45, 7) is 5.29. The molecule has 0 saturated heterocycles. The first kappa shape index (κ1) is 22.9. The number of alkyl halides is 3. The number of rotatable bonds is 4. The SMILES string of the molecule is CC(C)(C)OC(=O)NC1(Oc2ccc(C(F)(F)F)c(-c3ccncc3)c2)CCCCC1. The van der Waals surface area contributed by atoms with Gasteiger partial charge in [-0.3, -0.25) is 10.3 Å². The van der Waals surface area contributed by atoms with Crippen molar-refractivity contribution in [2.75, 3.05) is 0 Å². The van der Waals surface area contributed by atoms with Crippen molar-refractivity contribution in [1.82, 2.24) is 10.3 Å². The maximum absolute atomic E-state index is 13.6. The van der Waals surface area contributed by atoms with E-state index in [4.69, 9.17) is 9.47 Å². The monoisotopic (exact) mass is 436 g/mol. The Morgan fingerprint density at radius 1 is 1.03 bits per heavy atom. The van der Waals surface area contributed by atoms with Crippen molar-refractivity contribution in [1.29, 1.82) is 0 Å². The van der Waals surface area contributed by atoms with Gasteiger partial charge in [-0.1, -0.05) is 6.42 Å². The number of nitrogens with one attached hydrogen (secondary N) is 1. The quantitative estimate of drug-likeness (QED) is 0.569. The van der Waals surface area contributed by atoms with Crippen molar-refractivity contribution in [3.05, 3.63) is 48.3 Å². The second kappa shape index (κ2) is 8.77. The Morgan fingerprint density at radius 3 is 2.26 bits per heavy atom. The molecule has 0 aliphatic heterocycles. The molecule has 1 fully saturated rings. The Morgan fingerprint density at radius 2 is 1.68 bits per heavy atom. The summed E-state index contributed by atoms with van der Waals surface area (Å²) in [6, 6.07) is 6.70. The van der Waals surface area contributed by atoms with Gasteiger partial charge < -0.3 is 9.47 Å². The van der Waals surface area contributed by atoms with Crippen LogP contribution in [0.2, 0.25) is 0 Å². The second-order valence-electron chi connectivity index (χ2n) is 8.72. The highest BCUT2D eigenvalue weighted by Gasteiger charge is 2.38. The Bertz CT molecular complexity index is 903. The second-order valence-corrected chi connectivity index (χ2v) is 8.72. The number of carbonyl (C=O) groups excluding carboxylic acids is 1. The summed E-state index contributed by atoms with van der Waals surface area (Å²) in [5, 5.41) is 2.83. The molecule has 0 unspecified atom stereocenters. The Kier molecular flexibility index (Phi) is 6.48. The van der Waals surface area contributed by atoms with E-state index in [1.807, 2.05) is 0 Å². The summed E-state index contributed by atoms with van der Waals surface area (Å²) in [5.41, 5.74) is -2.09. The van der Waals surface area contributed by atoms with Crippen LogP contribution >= 0.6 is 0 Å². The Balaban J connectivity index is 1.94. The van der Waals surface area contributed by atoms with Gasteiger partial charge in [0.1, 0.15) is 11.4 Å². The zero-order chi connectivity index (χ0) is 22.7. The lowest BCUT2D eigenvalue weighted by atomic mass is 9.91. The molecule has 0 atom stereocenters. The van der Waals surface area contributed by atoms with E-state index >= 15 is 0 Å². The molecule has 1 aliphatic carbocycles. The van der Waals surface area contributed by atoms with E-state index in [1.165, 1.54) is 36.7 Å². The standard InChI is InChI=1S/C23H27F3N2O3/c1-21(2,3)31-20(29)28-22(11-5-4-6-12-22)30-17-7-8-19(23(24,25)26)18(15-17)16-9-13-27-14-10-16/h7-10,13-15H,4-6,11-12H2,1-3H3,(H,28,29). The van der Waals surface area contributed by atoms with Crippen LogP contribution in [0.1, 0.15) is 58.4 Å². The largest absolute Gasteiger partial charge is 0.468 e. The van der Waals surface area contributed by atoms with Crippen LogP contribution in [-0.4, -0.2) is 22.4 Å². The molecular formula is C23H27F3N2O3. The van der Waals surface area contributed by atoms with Gasteiger partial charge in [-0.2, -0.15) is 13.2 Å². The fourth-order valence-electron chi connectivity index (χ4n) is 3.70. The third kappa shape index (κ3) is 6.12. The number of halogens is 3. The number of carbonyl (C=O) groups is 1. The van der Waals surface area contributed by atoms with Crippen LogP contribution in [-0.2, 0) is 10.9 Å². The van der Waals surface area contributed by atoms with Gasteiger partial charge >= 0.3 is 12.3 Å². The summed E-state index contributed by atoms with van der Waals surface area (Å²) < 4.78 is 52.3. The van der Waals surface area contributed by atoms with Gasteiger partial charge in [0.05, 0.1) is 5.56 Å². The van der Waals surface area contributed by atoms with Crippen LogP contribution in [0.25, 0.3) is 11.1 Å². The van der Waals surface area contributed by atoms with Crippen LogP contribution in [0, 0.1) is 0 Å². The first-order valence-corrected chi connectivity index (χ1v) is 10.3. The molecule has 0 spiro atoms. The predicted molar refractivity (Wildman–Crippen MR) is 110 cm³/mol. The molecule has 1 amide bonds. The van der Waals surface area contributed by atoms with Crippen molar-refractivity contribution in [3.63, 3.8) is 0 Å². The van der Waals surface area contributed by atoms with E-state index in [2.05, 4.69) is 10.3 Å². The molecule has 1 aromatic heterocycles. The van der Waals surface area contributed by atoms with E-state index in [9.17, 15) is 18.0 Å². The van der Waals surface area contributed by atoms with E-state index in [1.54, 1.807) is 20.8 Å². The number of hydrogen-bond donors (Lipinski definition) is 1. The van der Waals surface area contributed by atoms with E-state index in [0.717, 1.165) is 25.3 Å². The van der Waals surface area contributed by atoms with Crippen molar-refractivity contribution in [2.24, 2.45) is 0 Å². The molecule has 31 heavy (non-hydrogen) atoms. The number of pyridine rings is 1. The molecule has 1 aromatic carbocycles. The van der Waals surface area contributed by atoms with Crippen molar-refractivity contribution >= 4 is 6.09 Å². The number of amides is 1. The first-order chi connectivity index (χ1) is 14.5. The molecular weight excluding hydrogens is 409 g/mol. The average Bonchev–Trinajstić information content (AvgIpc) is 2.66. The Labute approximate surface area is 180 Å². The molecule has 1 heterocycles. The summed E-state index contributed by atoms with van der Waals surface area (Å²) in [7, 11) is 0. The highest BCUT2D eigenvalue weighted by Crippen LogP contribution is 2.40. The molecule has 0 radical (unpaired) electrons. The van der Waals surface area contributed by atoms with Crippen LogP contribution in [0.3, 0.4) is 0 Å². The maximum Gasteiger partial charge on any atom is 0.417 e. The summed E-state index contributed by atoms with van der Waals surface area (Å²) >= 11 is 0. The van der Waals surface area contributed by atoms with E-state index in [0.29, 0.717) is 18.4 Å². The van der Waals surface area contributed by atoms with Gasteiger partial charge in [0.2, 0.25) is 0 Å². The van der Waals surface area contributed by atoms with Gasteiger partial charge in [-0.15, -0.1) is 0 Å². The average molecular weight is 436 g/mol. The van der Waals surface area contributed by atoms with Gasteiger partial charge in [0, 0.05) is 25.2 Å². The van der Waals surface area contributed by atoms with Crippen molar-refractivity contribution in [2.45, 2.75) is 70.4 Å². The van der Waals surface area contributed by atoms with Gasteiger partial charge in [0.15, 0.2) is 5.72 Å². The minimum absolute atomic E-state index is 0.00405. The minimum Gasteiger partial charge on any atom is -0.468 e. The maximum atomic E-state index is 13.6. The molecule has 8 heteroatoms. The number of hydrogen-bond acceptors (Lipinski definition) is 4. The lowest BCUT2D eigenvalue weighted by Gasteiger charge is -2.38. The van der Waals surface area contributed by atoms with Gasteiger partial charge in [-0.25, -0.2) is 4.79 Å². The zero-order valence-electron chi connectivity index (χ0n) is 17.9. The molecule has 2 aromatic rings. The summed E-state index contributed by atoms with van der Waals surface area (Å²) in [4.78, 5) is 16.3. The number of nitrogens with zero attached hydrogens (tertiary/aromatic N) is 1. The van der Waals surface area contributed by atoms with Gasteiger partial charge in [-0.05, 0) is 75.1 Å². The highest BCUT2D eigenvalue weighted by molar-refractivity contribution is 5.70. The fraction of sp³-hybridized carbons (Fsp3) is 0.478. The Hall–Kier alpha value is -2.77. The van der Waals surface area contributed by atoms with Crippen LogP contribution in [0.15, 0.2) is 42.7 Å². The lowest BCUT2D eigenvalue weighted by Crippen LogP contribution is -2.55. The van der Waals surface area contributed by atoms with E-state index in [-0.39, 0.29) is 11.3 Å². The van der Waals surface area contributed by atoms with Crippen LogP contribution < -0.4 is 10.1 Å². The molecule has 1 saturated carbocycles. The molecule has 1 aliphatic rings. The smallest absolute Gasteiger partial charge is 0.417 e. The minimum atomic E-state index is -4.52. The normalized spacial score (nSPS) is 16.5. The van der Waals surface area contributed by atoms with Crippen molar-refractivity contribution in [3.8, 4) is 16.9 Å². The third-order valence-electron chi connectivity index (χ3n) is 4.99. The van der Waals surface area contributed by atoms with Crippen molar-refractivity contribution < 1.29 is 27.4 Å². The van der Waals surface area contributed by atoms with Gasteiger partial charge in [0.25, 0.3) is 0 Å². The van der Waals surface area contributed by atoms with Crippen LogP contribution in [0.5, 0.6) is 5.75 Å². The fourth-order valence-corrected chi connectivity index (χ4v) is 3.70. The topological polar surface area (TPSA) is 60.5 Å². The number of aromatic nitrogens is 1. The molecule has 1 N–H and O–H groups in total. The lowest BCUT2D eigenvalue weighted by molar-refractivity contribution is -0.137. The third-order valence-corrected chi connectivity index (χ3v) is 4.99. The molecule has 5 nitrogen and oxygen atoms in total. The summed E-state index contributed by atoms with van der Waals surface area (Å²) in [6.07, 6.45) is 1.48. The first-order valence-electron chi connectivity index (χ1n) is 10.3. The predicted octanol–water partition coefficient (Wildman–Crippen LogP) is 6.33. The van der Waals surface area contributed by atoms with E-state index < -0.39 is 29.2 Å². The molecule has 0 bridgehead atoms. The molecule has 168 valence electrons. The number of ether oxygens (including phenoxy) is 2. The van der Waals surface area contributed by atoms with Crippen LogP contribution in [0.4, 0.5) is 18.0 Å². The molecule has 3 rings (SSSR count). The zero-order valence-corrected chi connectivity index (χ0v) is 17.9.